The summed E-state index contributed by atoms with van der Waals surface area (Å²) in [5.74, 6) is -1.70. The molecular weight excluding hydrogens is 354 g/mol. The van der Waals surface area contributed by atoms with Gasteiger partial charge in [0.2, 0.25) is 5.88 Å². The number of methoxy groups -OCH3 is 2. The largest absolute Gasteiger partial charge is 0.496 e. The van der Waals surface area contributed by atoms with Crippen LogP contribution in [0.1, 0.15) is 10.4 Å². The summed E-state index contributed by atoms with van der Waals surface area (Å²) >= 11 is 0. The summed E-state index contributed by atoms with van der Waals surface area (Å²) in [6, 6.07) is 11.6. The molecule has 3 rings (SSSR count). The number of hydrogen-bond donors (Lipinski definition) is 1. The van der Waals surface area contributed by atoms with Gasteiger partial charge in [-0.3, -0.25) is 4.79 Å². The summed E-state index contributed by atoms with van der Waals surface area (Å²) in [4.78, 5) is 16.3. The molecule has 0 bridgehead atoms. The summed E-state index contributed by atoms with van der Waals surface area (Å²) in [5.41, 5.74) is 1.29. The lowest BCUT2D eigenvalue weighted by Gasteiger charge is -2.11. The predicted octanol–water partition coefficient (Wildman–Crippen LogP) is 4.30. The van der Waals surface area contributed by atoms with E-state index in [1.807, 2.05) is 0 Å². The Morgan fingerprint density at radius 2 is 1.67 bits per heavy atom. The molecule has 1 heterocycles. The first-order valence-electron chi connectivity index (χ1n) is 7.97. The SMILES string of the molecule is COc1cc(OC)c(-c2ccc(NC(=O)c3c(F)cccc3F)cc2)cn1. The Kier molecular flexibility index (Phi) is 5.30. The van der Waals surface area contributed by atoms with Crippen LogP contribution in [0.4, 0.5) is 14.5 Å². The normalized spacial score (nSPS) is 10.4. The van der Waals surface area contributed by atoms with Gasteiger partial charge in [-0.1, -0.05) is 18.2 Å². The molecule has 138 valence electrons. The average Bonchev–Trinajstić information content (AvgIpc) is 2.68. The van der Waals surface area contributed by atoms with E-state index >= 15 is 0 Å². The first kappa shape index (κ1) is 18.3. The van der Waals surface area contributed by atoms with E-state index in [2.05, 4.69) is 10.3 Å². The zero-order valence-electron chi connectivity index (χ0n) is 14.6. The van der Waals surface area contributed by atoms with Crippen molar-refractivity contribution in [3.05, 3.63) is 71.9 Å². The van der Waals surface area contributed by atoms with Crippen LogP contribution in [-0.2, 0) is 0 Å². The van der Waals surface area contributed by atoms with Crippen molar-refractivity contribution in [2.24, 2.45) is 0 Å². The smallest absolute Gasteiger partial charge is 0.261 e. The first-order valence-corrected chi connectivity index (χ1v) is 7.97. The molecule has 1 amide bonds. The summed E-state index contributed by atoms with van der Waals surface area (Å²) < 4.78 is 37.8. The van der Waals surface area contributed by atoms with Crippen molar-refractivity contribution in [3.8, 4) is 22.8 Å². The van der Waals surface area contributed by atoms with Gasteiger partial charge in [-0.05, 0) is 29.8 Å². The topological polar surface area (TPSA) is 60.5 Å². The number of carbonyl (C=O) groups is 1. The summed E-state index contributed by atoms with van der Waals surface area (Å²) in [6.45, 7) is 0. The number of anilines is 1. The molecule has 0 saturated carbocycles. The van der Waals surface area contributed by atoms with Gasteiger partial charge in [0.25, 0.3) is 5.91 Å². The molecule has 1 N–H and O–H groups in total. The molecule has 0 aliphatic carbocycles. The van der Waals surface area contributed by atoms with Gasteiger partial charge in [-0.2, -0.15) is 0 Å². The Balaban J connectivity index is 1.83. The number of halogens is 2. The average molecular weight is 370 g/mol. The van der Waals surface area contributed by atoms with E-state index in [-0.39, 0.29) is 0 Å². The first-order chi connectivity index (χ1) is 13.0. The minimum atomic E-state index is -0.918. The number of benzene rings is 2. The van der Waals surface area contributed by atoms with Crippen molar-refractivity contribution in [1.29, 1.82) is 0 Å². The van der Waals surface area contributed by atoms with Crippen LogP contribution in [0.2, 0.25) is 0 Å². The number of rotatable bonds is 5. The van der Waals surface area contributed by atoms with E-state index in [1.54, 1.807) is 36.5 Å². The number of pyridine rings is 1. The second-order valence-corrected chi connectivity index (χ2v) is 5.56. The summed E-state index contributed by atoms with van der Waals surface area (Å²) in [5, 5.41) is 2.48. The fourth-order valence-electron chi connectivity index (χ4n) is 2.56. The lowest BCUT2D eigenvalue weighted by Crippen LogP contribution is -2.15. The predicted molar refractivity (Wildman–Crippen MR) is 97.1 cm³/mol. The lowest BCUT2D eigenvalue weighted by atomic mass is 10.1. The molecule has 5 nitrogen and oxygen atoms in total. The minimum absolute atomic E-state index is 0.395. The maximum Gasteiger partial charge on any atom is 0.261 e. The van der Waals surface area contributed by atoms with E-state index in [0.717, 1.165) is 23.3 Å². The molecule has 0 aliphatic rings. The van der Waals surface area contributed by atoms with E-state index in [9.17, 15) is 13.6 Å². The fraction of sp³-hybridized carbons (Fsp3) is 0.100. The Labute approximate surface area is 154 Å². The van der Waals surface area contributed by atoms with Crippen LogP contribution in [0.3, 0.4) is 0 Å². The van der Waals surface area contributed by atoms with Crippen molar-refractivity contribution in [1.82, 2.24) is 4.98 Å². The molecule has 0 atom stereocenters. The number of carbonyl (C=O) groups excluding carboxylic acids is 1. The van der Waals surface area contributed by atoms with E-state index in [0.29, 0.717) is 17.3 Å². The van der Waals surface area contributed by atoms with Gasteiger partial charge < -0.3 is 14.8 Å². The Morgan fingerprint density at radius 3 is 2.26 bits per heavy atom. The van der Waals surface area contributed by atoms with Crippen LogP contribution in [0.5, 0.6) is 11.6 Å². The summed E-state index contributed by atoms with van der Waals surface area (Å²) in [7, 11) is 3.05. The molecule has 2 aromatic carbocycles. The molecule has 0 saturated heterocycles. The van der Waals surface area contributed by atoms with Crippen LogP contribution in [0.25, 0.3) is 11.1 Å². The number of amides is 1. The number of nitrogens with zero attached hydrogens (tertiary/aromatic N) is 1. The van der Waals surface area contributed by atoms with Gasteiger partial charge in [-0.25, -0.2) is 13.8 Å². The monoisotopic (exact) mass is 370 g/mol. The number of aromatic nitrogens is 1. The molecule has 0 radical (unpaired) electrons. The van der Waals surface area contributed by atoms with Crippen molar-refractivity contribution in [2.75, 3.05) is 19.5 Å². The van der Waals surface area contributed by atoms with Crippen molar-refractivity contribution < 1.29 is 23.0 Å². The van der Waals surface area contributed by atoms with E-state index < -0.39 is 23.1 Å². The third-order valence-electron chi connectivity index (χ3n) is 3.91. The third-order valence-corrected chi connectivity index (χ3v) is 3.91. The highest BCUT2D eigenvalue weighted by atomic mass is 19.1. The second-order valence-electron chi connectivity index (χ2n) is 5.56. The molecule has 0 unspecified atom stereocenters. The quantitative estimate of drug-likeness (QED) is 0.728. The minimum Gasteiger partial charge on any atom is -0.496 e. The summed E-state index contributed by atoms with van der Waals surface area (Å²) in [6.07, 6.45) is 1.61. The Bertz CT molecular complexity index is 955. The zero-order chi connectivity index (χ0) is 19.4. The van der Waals surface area contributed by atoms with Gasteiger partial charge in [0.05, 0.1) is 14.2 Å². The molecular formula is C20H16F2N2O3. The van der Waals surface area contributed by atoms with Crippen LogP contribution in [0, 0.1) is 11.6 Å². The van der Waals surface area contributed by atoms with Crippen molar-refractivity contribution >= 4 is 11.6 Å². The number of nitrogens with one attached hydrogen (secondary N) is 1. The van der Waals surface area contributed by atoms with Crippen LogP contribution in [-0.4, -0.2) is 25.1 Å². The van der Waals surface area contributed by atoms with Crippen molar-refractivity contribution in [2.45, 2.75) is 0 Å². The van der Waals surface area contributed by atoms with E-state index in [1.165, 1.54) is 20.3 Å². The molecule has 1 aromatic heterocycles. The molecule has 3 aromatic rings. The highest BCUT2D eigenvalue weighted by Gasteiger charge is 2.17. The molecule has 7 heteroatoms. The van der Waals surface area contributed by atoms with Crippen molar-refractivity contribution in [3.63, 3.8) is 0 Å². The second kappa shape index (κ2) is 7.82. The third kappa shape index (κ3) is 3.87. The molecule has 0 spiro atoms. The van der Waals surface area contributed by atoms with Gasteiger partial charge in [0.15, 0.2) is 0 Å². The van der Waals surface area contributed by atoms with Crippen LogP contribution >= 0.6 is 0 Å². The van der Waals surface area contributed by atoms with E-state index in [4.69, 9.17) is 9.47 Å². The fourth-order valence-corrected chi connectivity index (χ4v) is 2.56. The van der Waals surface area contributed by atoms with Gasteiger partial charge in [0.1, 0.15) is 22.9 Å². The zero-order valence-corrected chi connectivity index (χ0v) is 14.6. The van der Waals surface area contributed by atoms with Crippen LogP contribution in [0.15, 0.2) is 54.7 Å². The molecule has 0 aliphatic heterocycles. The number of ether oxygens (including phenoxy) is 2. The highest BCUT2D eigenvalue weighted by molar-refractivity contribution is 6.04. The lowest BCUT2D eigenvalue weighted by molar-refractivity contribution is 0.101. The maximum absolute atomic E-state index is 13.7. The van der Waals surface area contributed by atoms with Crippen LogP contribution < -0.4 is 14.8 Å². The number of hydrogen-bond acceptors (Lipinski definition) is 4. The highest BCUT2D eigenvalue weighted by Crippen LogP contribution is 2.32. The Hall–Kier alpha value is -3.48. The van der Waals surface area contributed by atoms with Gasteiger partial charge in [0, 0.05) is 23.5 Å². The van der Waals surface area contributed by atoms with Gasteiger partial charge >= 0.3 is 0 Å². The standard InChI is InChI=1S/C20H16F2N2O3/c1-26-17-10-18(27-2)23-11-14(17)12-6-8-13(9-7-12)24-20(25)19-15(21)4-3-5-16(19)22/h3-11H,1-2H3,(H,24,25). The maximum atomic E-state index is 13.7. The van der Waals surface area contributed by atoms with Gasteiger partial charge in [-0.15, -0.1) is 0 Å². The Morgan fingerprint density at radius 1 is 1.00 bits per heavy atom. The molecule has 27 heavy (non-hydrogen) atoms. The molecule has 0 fully saturated rings.